The van der Waals surface area contributed by atoms with E-state index in [1.54, 1.807) is 0 Å². The van der Waals surface area contributed by atoms with Crippen LogP contribution < -0.4 is 5.32 Å². The van der Waals surface area contributed by atoms with Gasteiger partial charge in [0.05, 0.1) is 11.8 Å². The highest BCUT2D eigenvalue weighted by Gasteiger charge is 2.64. The molecule has 2 fully saturated rings. The Hall–Kier alpha value is -1.90. The summed E-state index contributed by atoms with van der Waals surface area (Å²) in [5.74, 6) is -0.315. The highest BCUT2D eigenvalue weighted by Crippen LogP contribution is 2.59. The molecule has 1 aromatic carbocycles. The highest BCUT2D eigenvalue weighted by molar-refractivity contribution is 6.07. The van der Waals surface area contributed by atoms with Gasteiger partial charge in [0.15, 0.2) is 0 Å². The topological polar surface area (TPSA) is 46.2 Å². The lowest BCUT2D eigenvalue weighted by Gasteiger charge is -2.30. The lowest BCUT2D eigenvalue weighted by atomic mass is 9.70. The Bertz CT molecular complexity index is 577. The van der Waals surface area contributed by atoms with Crippen molar-refractivity contribution in [1.82, 2.24) is 5.32 Å². The van der Waals surface area contributed by atoms with Crippen molar-refractivity contribution < 1.29 is 9.59 Å². The van der Waals surface area contributed by atoms with E-state index in [2.05, 4.69) is 29.6 Å². The molecule has 1 saturated heterocycles. The monoisotopic (exact) mass is 239 g/mol. The van der Waals surface area contributed by atoms with E-state index in [-0.39, 0.29) is 35.0 Å². The zero-order valence-electron chi connectivity index (χ0n) is 9.80. The Kier molecular flexibility index (Phi) is 1.74. The number of hydrogen-bond donors (Lipinski definition) is 1. The summed E-state index contributed by atoms with van der Waals surface area (Å²) in [5, 5.41) is 2.50. The summed E-state index contributed by atoms with van der Waals surface area (Å²) in [6.45, 7) is 0. The van der Waals surface area contributed by atoms with Gasteiger partial charge in [0.1, 0.15) is 0 Å². The van der Waals surface area contributed by atoms with E-state index in [1.807, 2.05) is 18.2 Å². The summed E-state index contributed by atoms with van der Waals surface area (Å²) in [4.78, 5) is 23.9. The molecule has 1 saturated carbocycles. The van der Waals surface area contributed by atoms with Gasteiger partial charge in [-0.15, -0.1) is 0 Å². The van der Waals surface area contributed by atoms with Crippen LogP contribution in [0.1, 0.15) is 12.0 Å². The Morgan fingerprint density at radius 3 is 2.67 bits per heavy atom. The second-order valence-corrected chi connectivity index (χ2v) is 5.49. The van der Waals surface area contributed by atoms with Gasteiger partial charge in [-0.25, -0.2) is 0 Å². The van der Waals surface area contributed by atoms with E-state index in [0.29, 0.717) is 0 Å². The first-order valence-corrected chi connectivity index (χ1v) is 6.32. The number of amides is 2. The molecule has 0 radical (unpaired) electrons. The normalized spacial score (nSPS) is 40.1. The highest BCUT2D eigenvalue weighted by atomic mass is 16.2. The van der Waals surface area contributed by atoms with E-state index in [4.69, 9.17) is 0 Å². The number of hydrogen-bond acceptors (Lipinski definition) is 2. The lowest BCUT2D eigenvalue weighted by Crippen LogP contribution is -2.36. The molecule has 1 heterocycles. The maximum Gasteiger partial charge on any atom is 0.231 e. The first kappa shape index (κ1) is 10.1. The molecule has 2 bridgehead atoms. The molecule has 1 aromatic rings. The Labute approximate surface area is 105 Å². The quantitative estimate of drug-likeness (QED) is 0.595. The van der Waals surface area contributed by atoms with E-state index >= 15 is 0 Å². The molecule has 1 aliphatic heterocycles. The average Bonchev–Trinajstić information content (AvgIpc) is 3.03. The summed E-state index contributed by atoms with van der Waals surface area (Å²) < 4.78 is 0. The largest absolute Gasteiger partial charge is 0.296 e. The second-order valence-electron chi connectivity index (χ2n) is 5.49. The Morgan fingerprint density at radius 1 is 1.11 bits per heavy atom. The van der Waals surface area contributed by atoms with Crippen LogP contribution in [0.25, 0.3) is 0 Å². The molecule has 0 aromatic heterocycles. The number of allylic oxidation sites excluding steroid dienone is 2. The zero-order valence-corrected chi connectivity index (χ0v) is 9.80. The average molecular weight is 239 g/mol. The van der Waals surface area contributed by atoms with Crippen molar-refractivity contribution in [3.63, 3.8) is 0 Å². The van der Waals surface area contributed by atoms with Crippen molar-refractivity contribution in [2.75, 3.05) is 0 Å². The number of fused-ring (bicyclic) bond motifs is 5. The molecule has 0 spiro atoms. The summed E-state index contributed by atoms with van der Waals surface area (Å²) in [6, 6.07) is 10.1. The van der Waals surface area contributed by atoms with E-state index in [0.717, 1.165) is 12.0 Å². The third-order valence-electron chi connectivity index (χ3n) is 4.73. The minimum absolute atomic E-state index is 0.0860. The lowest BCUT2D eigenvalue weighted by molar-refractivity contribution is -0.126. The fraction of sp³-hybridized carbons (Fsp3) is 0.333. The van der Waals surface area contributed by atoms with E-state index in [9.17, 15) is 9.59 Å². The van der Waals surface area contributed by atoms with Crippen LogP contribution in [0.2, 0.25) is 0 Å². The molecule has 3 nitrogen and oxygen atoms in total. The van der Waals surface area contributed by atoms with E-state index < -0.39 is 0 Å². The molecule has 4 rings (SSSR count). The van der Waals surface area contributed by atoms with Crippen molar-refractivity contribution in [1.29, 1.82) is 0 Å². The smallest absolute Gasteiger partial charge is 0.231 e. The van der Waals surface area contributed by atoms with Gasteiger partial charge in [-0.1, -0.05) is 42.5 Å². The number of carbonyl (C=O) groups is 2. The third kappa shape index (κ3) is 1.00. The maximum atomic E-state index is 12.1. The van der Waals surface area contributed by atoms with Crippen molar-refractivity contribution in [3.8, 4) is 0 Å². The van der Waals surface area contributed by atoms with Crippen LogP contribution in [0.5, 0.6) is 0 Å². The summed E-state index contributed by atoms with van der Waals surface area (Å²) >= 11 is 0. The molecular weight excluding hydrogens is 226 g/mol. The van der Waals surface area contributed by atoms with Crippen LogP contribution in [0, 0.1) is 17.8 Å². The van der Waals surface area contributed by atoms with Gasteiger partial charge in [0, 0.05) is 5.41 Å². The summed E-state index contributed by atoms with van der Waals surface area (Å²) in [5.41, 5.74) is 0.897. The molecule has 3 aliphatic rings. The molecular formula is C15H13NO2. The van der Waals surface area contributed by atoms with Crippen LogP contribution in [-0.4, -0.2) is 11.8 Å². The van der Waals surface area contributed by atoms with Gasteiger partial charge in [-0.3, -0.25) is 14.9 Å². The number of carbonyl (C=O) groups excluding carboxylic acids is 2. The predicted molar refractivity (Wildman–Crippen MR) is 65.5 cm³/mol. The minimum atomic E-state index is -0.257. The summed E-state index contributed by atoms with van der Waals surface area (Å²) in [7, 11) is 0. The van der Waals surface area contributed by atoms with Crippen molar-refractivity contribution in [3.05, 3.63) is 48.0 Å². The predicted octanol–water partition coefficient (Wildman–Crippen LogP) is 1.40. The van der Waals surface area contributed by atoms with Gasteiger partial charge >= 0.3 is 0 Å². The van der Waals surface area contributed by atoms with Gasteiger partial charge in [0.25, 0.3) is 0 Å². The molecule has 4 atom stereocenters. The fourth-order valence-electron chi connectivity index (χ4n) is 4.03. The van der Waals surface area contributed by atoms with Gasteiger partial charge in [0.2, 0.25) is 11.8 Å². The third-order valence-corrected chi connectivity index (χ3v) is 4.73. The molecule has 2 aliphatic carbocycles. The Morgan fingerprint density at radius 2 is 1.89 bits per heavy atom. The minimum Gasteiger partial charge on any atom is -0.296 e. The van der Waals surface area contributed by atoms with E-state index in [1.165, 1.54) is 0 Å². The number of benzene rings is 1. The Balaban J connectivity index is 1.90. The number of rotatable bonds is 1. The van der Waals surface area contributed by atoms with Crippen LogP contribution in [0.4, 0.5) is 0 Å². The van der Waals surface area contributed by atoms with Crippen LogP contribution in [0.15, 0.2) is 42.5 Å². The maximum absolute atomic E-state index is 12.1. The van der Waals surface area contributed by atoms with Crippen LogP contribution in [0.3, 0.4) is 0 Å². The fourth-order valence-corrected chi connectivity index (χ4v) is 4.03. The summed E-state index contributed by atoms with van der Waals surface area (Å²) in [6.07, 6.45) is 5.16. The molecule has 4 unspecified atom stereocenters. The number of nitrogens with one attached hydrogen (secondary N) is 1. The number of imide groups is 1. The van der Waals surface area contributed by atoms with Gasteiger partial charge < -0.3 is 0 Å². The first-order valence-electron chi connectivity index (χ1n) is 6.32. The van der Waals surface area contributed by atoms with Crippen molar-refractivity contribution >= 4 is 11.8 Å². The molecule has 90 valence electrons. The molecule has 18 heavy (non-hydrogen) atoms. The standard InChI is InChI=1S/C15H13NO2/c17-13-11-9-6-7-15(8-9,12(11)14(18)16-13)10-4-2-1-3-5-10/h1-7,9,11-12H,8H2,(H,16,17,18). The van der Waals surface area contributed by atoms with Crippen molar-refractivity contribution in [2.24, 2.45) is 17.8 Å². The first-order chi connectivity index (χ1) is 8.72. The van der Waals surface area contributed by atoms with Gasteiger partial charge in [-0.05, 0) is 17.9 Å². The van der Waals surface area contributed by atoms with Crippen molar-refractivity contribution in [2.45, 2.75) is 11.8 Å². The van der Waals surface area contributed by atoms with Crippen LogP contribution in [-0.2, 0) is 15.0 Å². The van der Waals surface area contributed by atoms with Crippen LogP contribution >= 0.6 is 0 Å². The zero-order chi connectivity index (χ0) is 12.3. The second kappa shape index (κ2) is 3.10. The molecule has 1 N–H and O–H groups in total. The molecule has 2 amide bonds. The molecule has 3 heteroatoms. The van der Waals surface area contributed by atoms with Gasteiger partial charge in [-0.2, -0.15) is 0 Å². The SMILES string of the molecule is O=C1NC(=O)C2C1C1C=CC2(c2ccccc2)C1.